The van der Waals surface area contributed by atoms with Crippen LogP contribution in [0.5, 0.6) is 0 Å². The largest absolute Gasteiger partial charge is 0.381 e. The predicted molar refractivity (Wildman–Crippen MR) is 111 cm³/mol. The molecule has 1 fully saturated rings. The highest BCUT2D eigenvalue weighted by molar-refractivity contribution is 5.62. The standard InChI is InChI=1S/C23H28N4O/c1-3-4-21-13-22(5-8-24-21)27-16-20(15-26-27)23-17(2)11-19(14-25-23)12-18-6-9-28-10-7-18/h5,8,11,13-16,18H,3-4,6-7,9-10,12H2,1-2H3. The number of ether oxygens (including phenoxy) is 1. The van der Waals surface area contributed by atoms with Crippen molar-refractivity contribution in [3.05, 3.63) is 59.8 Å². The Morgan fingerprint density at radius 1 is 1.14 bits per heavy atom. The van der Waals surface area contributed by atoms with E-state index in [9.17, 15) is 0 Å². The van der Waals surface area contributed by atoms with Crippen molar-refractivity contribution in [2.45, 2.75) is 46.0 Å². The van der Waals surface area contributed by atoms with Gasteiger partial charge in [0.05, 0.1) is 17.6 Å². The SMILES string of the molecule is CCCc1cc(-n2cc(-c3ncc(CC4CCOCC4)cc3C)cn2)ccn1. The van der Waals surface area contributed by atoms with E-state index in [2.05, 4.69) is 42.3 Å². The molecule has 0 saturated carbocycles. The number of pyridine rings is 2. The lowest BCUT2D eigenvalue weighted by Gasteiger charge is -2.22. The molecule has 3 aromatic heterocycles. The third-order valence-corrected chi connectivity index (χ3v) is 5.43. The fraction of sp³-hybridized carbons (Fsp3) is 0.435. The number of hydrogen-bond donors (Lipinski definition) is 0. The molecule has 0 aliphatic carbocycles. The summed E-state index contributed by atoms with van der Waals surface area (Å²) in [5, 5.41) is 4.56. The Labute approximate surface area is 166 Å². The lowest BCUT2D eigenvalue weighted by Crippen LogP contribution is -2.17. The summed E-state index contributed by atoms with van der Waals surface area (Å²) in [6.07, 6.45) is 13.3. The maximum absolute atomic E-state index is 5.47. The van der Waals surface area contributed by atoms with Gasteiger partial charge in [-0.3, -0.25) is 9.97 Å². The maximum Gasteiger partial charge on any atom is 0.0763 e. The molecule has 0 atom stereocenters. The molecule has 5 nitrogen and oxygen atoms in total. The molecule has 1 saturated heterocycles. The van der Waals surface area contributed by atoms with E-state index in [4.69, 9.17) is 9.72 Å². The van der Waals surface area contributed by atoms with Gasteiger partial charge in [0.1, 0.15) is 0 Å². The smallest absolute Gasteiger partial charge is 0.0763 e. The molecule has 0 spiro atoms. The molecule has 0 aromatic carbocycles. The van der Waals surface area contributed by atoms with Gasteiger partial charge in [-0.1, -0.05) is 19.4 Å². The first-order valence-corrected chi connectivity index (χ1v) is 10.3. The zero-order chi connectivity index (χ0) is 19.3. The van der Waals surface area contributed by atoms with Crippen LogP contribution in [0.4, 0.5) is 0 Å². The highest BCUT2D eigenvalue weighted by atomic mass is 16.5. The normalized spacial score (nSPS) is 15.1. The van der Waals surface area contributed by atoms with Crippen molar-refractivity contribution in [1.82, 2.24) is 19.7 Å². The van der Waals surface area contributed by atoms with Crippen molar-refractivity contribution in [2.24, 2.45) is 5.92 Å². The molecule has 4 rings (SSSR count). The van der Waals surface area contributed by atoms with Crippen molar-refractivity contribution in [3.63, 3.8) is 0 Å². The summed E-state index contributed by atoms with van der Waals surface area (Å²) in [4.78, 5) is 9.20. The monoisotopic (exact) mass is 376 g/mol. The lowest BCUT2D eigenvalue weighted by atomic mass is 9.92. The average Bonchev–Trinajstić information content (AvgIpc) is 3.19. The van der Waals surface area contributed by atoms with Gasteiger partial charge >= 0.3 is 0 Å². The first-order chi connectivity index (χ1) is 13.7. The third kappa shape index (κ3) is 4.30. The minimum Gasteiger partial charge on any atom is -0.381 e. The zero-order valence-corrected chi connectivity index (χ0v) is 16.8. The van der Waals surface area contributed by atoms with E-state index in [-0.39, 0.29) is 0 Å². The Morgan fingerprint density at radius 2 is 2.00 bits per heavy atom. The highest BCUT2D eigenvalue weighted by Crippen LogP contribution is 2.25. The molecule has 1 aliphatic rings. The van der Waals surface area contributed by atoms with Crippen LogP contribution < -0.4 is 0 Å². The van der Waals surface area contributed by atoms with Crippen molar-refractivity contribution in [2.75, 3.05) is 13.2 Å². The van der Waals surface area contributed by atoms with Gasteiger partial charge in [0.25, 0.3) is 0 Å². The second-order valence-electron chi connectivity index (χ2n) is 7.70. The summed E-state index contributed by atoms with van der Waals surface area (Å²) < 4.78 is 7.38. The van der Waals surface area contributed by atoms with E-state index in [0.717, 1.165) is 68.0 Å². The highest BCUT2D eigenvalue weighted by Gasteiger charge is 2.15. The number of hydrogen-bond acceptors (Lipinski definition) is 4. The van der Waals surface area contributed by atoms with Crippen LogP contribution in [0, 0.1) is 12.8 Å². The first-order valence-electron chi connectivity index (χ1n) is 10.3. The number of nitrogens with zero attached hydrogens (tertiary/aromatic N) is 4. The molecule has 0 bridgehead atoms. The van der Waals surface area contributed by atoms with Crippen LogP contribution in [0.25, 0.3) is 16.9 Å². The second kappa shape index (κ2) is 8.65. The first kappa shape index (κ1) is 18.8. The minimum atomic E-state index is 0.715. The quantitative estimate of drug-likeness (QED) is 0.633. The fourth-order valence-electron chi connectivity index (χ4n) is 3.92. The van der Waals surface area contributed by atoms with E-state index < -0.39 is 0 Å². The summed E-state index contributed by atoms with van der Waals surface area (Å²) in [6.45, 7) is 6.09. The summed E-state index contributed by atoms with van der Waals surface area (Å²) >= 11 is 0. The molecule has 0 unspecified atom stereocenters. The average molecular weight is 377 g/mol. The van der Waals surface area contributed by atoms with Crippen LogP contribution in [-0.4, -0.2) is 33.0 Å². The Kier molecular flexibility index (Phi) is 5.81. The van der Waals surface area contributed by atoms with Gasteiger partial charge in [-0.25, -0.2) is 4.68 Å². The maximum atomic E-state index is 5.47. The van der Waals surface area contributed by atoms with Gasteiger partial charge in [0, 0.05) is 43.1 Å². The molecular weight excluding hydrogens is 348 g/mol. The van der Waals surface area contributed by atoms with E-state index in [1.165, 1.54) is 11.1 Å². The Bertz CT molecular complexity index is 928. The fourth-order valence-corrected chi connectivity index (χ4v) is 3.92. The molecule has 28 heavy (non-hydrogen) atoms. The van der Waals surface area contributed by atoms with Crippen molar-refractivity contribution < 1.29 is 4.74 Å². The van der Waals surface area contributed by atoms with Gasteiger partial charge < -0.3 is 4.74 Å². The van der Waals surface area contributed by atoms with Gasteiger partial charge in [-0.2, -0.15) is 5.10 Å². The molecule has 0 N–H and O–H groups in total. The molecule has 1 aliphatic heterocycles. The molecule has 3 aromatic rings. The summed E-state index contributed by atoms with van der Waals surface area (Å²) in [7, 11) is 0. The van der Waals surface area contributed by atoms with Gasteiger partial charge in [0.15, 0.2) is 0 Å². The van der Waals surface area contributed by atoms with Gasteiger partial charge in [0.2, 0.25) is 0 Å². The molecular formula is C23H28N4O. The minimum absolute atomic E-state index is 0.715. The second-order valence-corrected chi connectivity index (χ2v) is 7.70. The van der Waals surface area contributed by atoms with Crippen LogP contribution in [0.2, 0.25) is 0 Å². The molecule has 4 heterocycles. The molecule has 0 radical (unpaired) electrons. The molecule has 146 valence electrons. The Hall–Kier alpha value is -2.53. The topological polar surface area (TPSA) is 52.8 Å². The summed E-state index contributed by atoms with van der Waals surface area (Å²) in [5.41, 5.74) is 6.71. The summed E-state index contributed by atoms with van der Waals surface area (Å²) in [5.74, 6) is 0.715. The zero-order valence-electron chi connectivity index (χ0n) is 16.8. The summed E-state index contributed by atoms with van der Waals surface area (Å²) in [6, 6.07) is 6.38. The van der Waals surface area contributed by atoms with Crippen LogP contribution in [0.15, 0.2) is 43.0 Å². The van der Waals surface area contributed by atoms with Crippen LogP contribution >= 0.6 is 0 Å². The van der Waals surface area contributed by atoms with E-state index >= 15 is 0 Å². The van der Waals surface area contributed by atoms with Gasteiger partial charge in [-0.05, 0) is 61.8 Å². The number of aromatic nitrogens is 4. The Morgan fingerprint density at radius 3 is 2.79 bits per heavy atom. The van der Waals surface area contributed by atoms with Crippen molar-refractivity contribution >= 4 is 0 Å². The Balaban J connectivity index is 1.52. The van der Waals surface area contributed by atoms with Crippen molar-refractivity contribution in [3.8, 4) is 16.9 Å². The van der Waals surface area contributed by atoms with Crippen molar-refractivity contribution in [1.29, 1.82) is 0 Å². The lowest BCUT2D eigenvalue weighted by molar-refractivity contribution is 0.0665. The van der Waals surface area contributed by atoms with Crippen LogP contribution in [0.1, 0.15) is 43.0 Å². The van der Waals surface area contributed by atoms with Crippen LogP contribution in [0.3, 0.4) is 0 Å². The molecule has 0 amide bonds. The van der Waals surface area contributed by atoms with E-state index in [1.807, 2.05) is 29.3 Å². The van der Waals surface area contributed by atoms with E-state index in [0.29, 0.717) is 5.92 Å². The van der Waals surface area contributed by atoms with Crippen LogP contribution in [-0.2, 0) is 17.6 Å². The molecule has 5 heteroatoms. The van der Waals surface area contributed by atoms with E-state index in [1.54, 1.807) is 0 Å². The van der Waals surface area contributed by atoms with Gasteiger partial charge in [-0.15, -0.1) is 0 Å². The third-order valence-electron chi connectivity index (χ3n) is 5.43. The number of aryl methyl sites for hydroxylation is 2. The predicted octanol–water partition coefficient (Wildman–Crippen LogP) is 4.56. The number of rotatable bonds is 6.